The van der Waals surface area contributed by atoms with E-state index in [4.69, 9.17) is 21.1 Å². The van der Waals surface area contributed by atoms with Crippen molar-refractivity contribution in [3.63, 3.8) is 0 Å². The van der Waals surface area contributed by atoms with Gasteiger partial charge in [-0.3, -0.25) is 4.79 Å². The average molecular weight is 389 g/mol. The van der Waals surface area contributed by atoms with Crippen LogP contribution in [0.4, 0.5) is 11.4 Å². The monoisotopic (exact) mass is 388 g/mol. The Morgan fingerprint density at radius 1 is 1.22 bits per heavy atom. The van der Waals surface area contributed by atoms with Gasteiger partial charge in [0, 0.05) is 24.5 Å². The molecule has 1 saturated heterocycles. The Morgan fingerprint density at radius 2 is 2.00 bits per heavy atom. The van der Waals surface area contributed by atoms with Crippen molar-refractivity contribution in [3.8, 4) is 5.75 Å². The van der Waals surface area contributed by atoms with E-state index in [0.29, 0.717) is 37.7 Å². The molecule has 5 nitrogen and oxygen atoms in total. The Balaban J connectivity index is 1.66. The molecular weight excluding hydrogens is 364 g/mol. The van der Waals surface area contributed by atoms with Gasteiger partial charge in [-0.1, -0.05) is 29.8 Å². The number of para-hydroxylation sites is 1. The number of amides is 1. The molecule has 6 heteroatoms. The summed E-state index contributed by atoms with van der Waals surface area (Å²) in [4.78, 5) is 14.8. The molecule has 0 radical (unpaired) electrons. The molecule has 1 amide bonds. The number of halogens is 1. The maximum Gasteiger partial charge on any atom is 0.224 e. The zero-order valence-corrected chi connectivity index (χ0v) is 16.3. The van der Waals surface area contributed by atoms with Gasteiger partial charge in [0.05, 0.1) is 31.2 Å². The van der Waals surface area contributed by atoms with Crippen LogP contribution in [0.25, 0.3) is 0 Å². The van der Waals surface area contributed by atoms with Gasteiger partial charge in [-0.2, -0.15) is 0 Å². The number of carbonyl (C=O) groups is 1. The number of rotatable bonds is 7. The van der Waals surface area contributed by atoms with E-state index in [-0.39, 0.29) is 5.91 Å². The van der Waals surface area contributed by atoms with Crippen LogP contribution >= 0.6 is 11.6 Å². The van der Waals surface area contributed by atoms with E-state index in [2.05, 4.69) is 10.2 Å². The molecule has 1 N–H and O–H groups in total. The fourth-order valence-corrected chi connectivity index (χ4v) is 3.33. The van der Waals surface area contributed by atoms with Gasteiger partial charge in [-0.05, 0) is 43.2 Å². The molecule has 0 spiro atoms. The number of anilines is 2. The third-order valence-electron chi connectivity index (χ3n) is 4.48. The summed E-state index contributed by atoms with van der Waals surface area (Å²) in [6, 6.07) is 13.4. The summed E-state index contributed by atoms with van der Waals surface area (Å²) < 4.78 is 11.1. The van der Waals surface area contributed by atoms with Gasteiger partial charge in [0.2, 0.25) is 5.91 Å². The lowest BCUT2D eigenvalue weighted by atomic mass is 10.1. The summed E-state index contributed by atoms with van der Waals surface area (Å²) in [7, 11) is 0. The van der Waals surface area contributed by atoms with Crippen LogP contribution in [-0.2, 0) is 16.0 Å². The summed E-state index contributed by atoms with van der Waals surface area (Å²) in [6.45, 7) is 5.53. The lowest BCUT2D eigenvalue weighted by Gasteiger charge is -2.30. The highest BCUT2D eigenvalue weighted by molar-refractivity contribution is 6.31. The number of ether oxygens (including phenoxy) is 2. The quantitative estimate of drug-likeness (QED) is 0.774. The number of nitrogens with zero attached hydrogens (tertiary/aromatic N) is 1. The molecule has 0 atom stereocenters. The van der Waals surface area contributed by atoms with Crippen LogP contribution in [-0.4, -0.2) is 38.8 Å². The van der Waals surface area contributed by atoms with Crippen molar-refractivity contribution in [2.45, 2.75) is 19.8 Å². The number of nitrogens with one attached hydrogen (secondary N) is 1. The Bertz CT molecular complexity index is 776. The second kappa shape index (κ2) is 9.62. The molecule has 1 aliphatic rings. The number of hydrogen-bond donors (Lipinski definition) is 1. The topological polar surface area (TPSA) is 50.8 Å². The van der Waals surface area contributed by atoms with Gasteiger partial charge in [-0.15, -0.1) is 0 Å². The van der Waals surface area contributed by atoms with E-state index < -0.39 is 0 Å². The van der Waals surface area contributed by atoms with Crippen molar-refractivity contribution >= 4 is 28.9 Å². The number of carbonyl (C=O) groups excluding carboxylic acids is 1. The molecule has 0 bridgehead atoms. The molecule has 0 unspecified atom stereocenters. The Labute approximate surface area is 165 Å². The van der Waals surface area contributed by atoms with Crippen molar-refractivity contribution < 1.29 is 14.3 Å². The lowest BCUT2D eigenvalue weighted by Crippen LogP contribution is -2.36. The van der Waals surface area contributed by atoms with Crippen LogP contribution in [0.15, 0.2) is 42.5 Å². The van der Waals surface area contributed by atoms with E-state index in [0.717, 1.165) is 35.8 Å². The van der Waals surface area contributed by atoms with Crippen LogP contribution in [0.3, 0.4) is 0 Å². The molecule has 0 aromatic heterocycles. The van der Waals surface area contributed by atoms with Gasteiger partial charge in [0.1, 0.15) is 5.75 Å². The minimum Gasteiger partial charge on any atom is -0.494 e. The van der Waals surface area contributed by atoms with Gasteiger partial charge in [0.15, 0.2) is 0 Å². The van der Waals surface area contributed by atoms with Crippen LogP contribution in [0, 0.1) is 0 Å². The van der Waals surface area contributed by atoms with Gasteiger partial charge >= 0.3 is 0 Å². The highest BCUT2D eigenvalue weighted by Gasteiger charge is 2.17. The van der Waals surface area contributed by atoms with Gasteiger partial charge in [0.25, 0.3) is 0 Å². The summed E-state index contributed by atoms with van der Waals surface area (Å²) in [6.07, 6.45) is 0.995. The number of morpholine rings is 1. The average Bonchev–Trinajstić information content (AvgIpc) is 2.68. The van der Waals surface area contributed by atoms with E-state index in [1.165, 1.54) is 0 Å². The number of benzene rings is 2. The standard InChI is InChI=1S/C21H25ClN2O3/c1-2-27-20-6-4-3-5-16(20)7-10-21(25)23-18-15-17(22)8-9-19(18)24-11-13-26-14-12-24/h3-6,8-9,15H,2,7,10-14H2,1H3,(H,23,25). The molecule has 1 fully saturated rings. The van der Waals surface area contributed by atoms with Gasteiger partial charge in [-0.25, -0.2) is 0 Å². The second-order valence-corrected chi connectivity index (χ2v) is 6.79. The maximum absolute atomic E-state index is 12.6. The summed E-state index contributed by atoms with van der Waals surface area (Å²) in [5.41, 5.74) is 2.76. The maximum atomic E-state index is 12.6. The van der Waals surface area contributed by atoms with Crippen LogP contribution in [0.5, 0.6) is 5.75 Å². The van der Waals surface area contributed by atoms with Crippen molar-refractivity contribution in [1.82, 2.24) is 0 Å². The van der Waals surface area contributed by atoms with Crippen LogP contribution in [0.2, 0.25) is 5.02 Å². The molecule has 2 aromatic rings. The smallest absolute Gasteiger partial charge is 0.224 e. The zero-order valence-electron chi connectivity index (χ0n) is 15.5. The van der Waals surface area contributed by atoms with E-state index in [1.807, 2.05) is 43.3 Å². The Hall–Kier alpha value is -2.24. The highest BCUT2D eigenvalue weighted by atomic mass is 35.5. The molecule has 0 saturated carbocycles. The molecule has 144 valence electrons. The molecule has 3 rings (SSSR count). The fourth-order valence-electron chi connectivity index (χ4n) is 3.16. The van der Waals surface area contributed by atoms with E-state index in [1.54, 1.807) is 6.07 Å². The first-order valence-corrected chi connectivity index (χ1v) is 9.68. The third-order valence-corrected chi connectivity index (χ3v) is 4.71. The molecule has 27 heavy (non-hydrogen) atoms. The third kappa shape index (κ3) is 5.37. The van der Waals surface area contributed by atoms with Crippen molar-refractivity contribution in [2.75, 3.05) is 43.1 Å². The first kappa shape index (κ1) is 19.5. The first-order valence-electron chi connectivity index (χ1n) is 9.30. The predicted molar refractivity (Wildman–Crippen MR) is 109 cm³/mol. The molecular formula is C21H25ClN2O3. The van der Waals surface area contributed by atoms with Gasteiger partial charge < -0.3 is 19.7 Å². The number of hydrogen-bond acceptors (Lipinski definition) is 4. The van der Waals surface area contributed by atoms with Crippen molar-refractivity contribution in [2.24, 2.45) is 0 Å². The van der Waals surface area contributed by atoms with E-state index in [9.17, 15) is 4.79 Å². The molecule has 1 aliphatic heterocycles. The normalized spacial score (nSPS) is 14.1. The predicted octanol–water partition coefficient (Wildman–Crippen LogP) is 4.15. The molecule has 0 aliphatic carbocycles. The minimum atomic E-state index is -0.0434. The molecule has 2 aromatic carbocycles. The zero-order chi connectivity index (χ0) is 19.1. The molecule has 1 heterocycles. The number of aryl methyl sites for hydroxylation is 1. The Kier molecular flexibility index (Phi) is 6.96. The summed E-state index contributed by atoms with van der Waals surface area (Å²) in [5, 5.41) is 3.62. The van der Waals surface area contributed by atoms with Crippen molar-refractivity contribution in [3.05, 3.63) is 53.1 Å². The van der Waals surface area contributed by atoms with Crippen LogP contribution < -0.4 is 15.0 Å². The summed E-state index contributed by atoms with van der Waals surface area (Å²) >= 11 is 6.16. The van der Waals surface area contributed by atoms with Crippen molar-refractivity contribution in [1.29, 1.82) is 0 Å². The lowest BCUT2D eigenvalue weighted by molar-refractivity contribution is -0.116. The van der Waals surface area contributed by atoms with E-state index >= 15 is 0 Å². The SMILES string of the molecule is CCOc1ccccc1CCC(=O)Nc1cc(Cl)ccc1N1CCOCC1. The second-order valence-electron chi connectivity index (χ2n) is 6.35. The fraction of sp³-hybridized carbons (Fsp3) is 0.381. The minimum absolute atomic E-state index is 0.0434. The largest absolute Gasteiger partial charge is 0.494 e. The Morgan fingerprint density at radius 3 is 2.78 bits per heavy atom. The summed E-state index contributed by atoms with van der Waals surface area (Å²) in [5.74, 6) is 0.794. The first-order chi connectivity index (χ1) is 13.2. The highest BCUT2D eigenvalue weighted by Crippen LogP contribution is 2.30. The van der Waals surface area contributed by atoms with Crippen LogP contribution in [0.1, 0.15) is 18.9 Å².